The summed E-state index contributed by atoms with van der Waals surface area (Å²) in [6, 6.07) is 15.4. The quantitative estimate of drug-likeness (QED) is 0.480. The molecule has 0 unspecified atom stereocenters. The molecule has 3 N–H and O–H groups in total. The summed E-state index contributed by atoms with van der Waals surface area (Å²) >= 11 is 0. The van der Waals surface area contributed by atoms with E-state index in [1.807, 2.05) is 44.2 Å². The van der Waals surface area contributed by atoms with Crippen LogP contribution in [0.15, 0.2) is 54.7 Å². The van der Waals surface area contributed by atoms with Crippen LogP contribution in [-0.4, -0.2) is 59.2 Å². The molecule has 170 valence electrons. The minimum atomic E-state index is -0.145. The molecule has 4 rings (SSSR count). The minimum absolute atomic E-state index is 0.145. The van der Waals surface area contributed by atoms with Gasteiger partial charge in [0, 0.05) is 49.8 Å². The van der Waals surface area contributed by atoms with E-state index in [0.29, 0.717) is 11.4 Å². The van der Waals surface area contributed by atoms with Crippen LogP contribution in [0.2, 0.25) is 0 Å². The number of amides is 1. The van der Waals surface area contributed by atoms with Crippen LogP contribution in [0.5, 0.6) is 5.75 Å². The number of carbonyl (C=O) groups is 1. The lowest BCUT2D eigenvalue weighted by atomic mass is 9.96. The first-order valence-corrected chi connectivity index (χ1v) is 10.9. The van der Waals surface area contributed by atoms with E-state index < -0.39 is 0 Å². The van der Waals surface area contributed by atoms with Gasteiger partial charge in [0.15, 0.2) is 0 Å². The highest BCUT2D eigenvalue weighted by atomic mass is 16.5. The van der Waals surface area contributed by atoms with Gasteiger partial charge in [-0.05, 0) is 29.7 Å². The van der Waals surface area contributed by atoms with Crippen molar-refractivity contribution in [1.29, 1.82) is 0 Å². The van der Waals surface area contributed by atoms with E-state index >= 15 is 0 Å². The maximum absolute atomic E-state index is 12.2. The fraction of sp³-hybridized carbons (Fsp3) is 0.250. The second-order valence-electron chi connectivity index (χ2n) is 7.74. The molecule has 0 radical (unpaired) electrons. The van der Waals surface area contributed by atoms with Gasteiger partial charge in [-0.1, -0.05) is 12.1 Å². The van der Waals surface area contributed by atoms with Crippen molar-refractivity contribution in [3.63, 3.8) is 0 Å². The van der Waals surface area contributed by atoms with Crippen LogP contribution >= 0.6 is 0 Å². The lowest BCUT2D eigenvalue weighted by molar-refractivity contribution is 0.0964. The molecule has 1 aliphatic heterocycles. The number of morpholine rings is 1. The van der Waals surface area contributed by atoms with Crippen molar-refractivity contribution in [1.82, 2.24) is 10.3 Å². The Morgan fingerprint density at radius 2 is 1.85 bits per heavy atom. The van der Waals surface area contributed by atoms with E-state index in [1.165, 1.54) is 0 Å². The number of pyridine rings is 1. The van der Waals surface area contributed by atoms with E-state index in [-0.39, 0.29) is 5.91 Å². The molecule has 0 aliphatic carbocycles. The van der Waals surface area contributed by atoms with E-state index in [1.54, 1.807) is 26.4 Å². The summed E-state index contributed by atoms with van der Waals surface area (Å²) in [5.74, 6) is 1.26. The number of benzene rings is 2. The zero-order chi connectivity index (χ0) is 23.2. The monoisotopic (exact) mass is 445 g/mol. The molecule has 2 heterocycles. The Labute approximate surface area is 194 Å². The number of methoxy groups -OCH3 is 1. The van der Waals surface area contributed by atoms with Crippen LogP contribution in [0.25, 0.3) is 0 Å². The topological polar surface area (TPSA) is 87.8 Å². The average molecular weight is 445 g/mol. The van der Waals surface area contributed by atoms with Gasteiger partial charge in [-0.2, -0.15) is 0 Å². The van der Waals surface area contributed by atoms with Gasteiger partial charge in [-0.25, -0.2) is 4.98 Å². The van der Waals surface area contributed by atoms with Crippen molar-refractivity contribution in [2.45, 2.75) is 0 Å². The first kappa shape index (κ1) is 22.5. The van der Waals surface area contributed by atoms with Crippen LogP contribution in [0.4, 0.5) is 28.6 Å². The molecule has 0 spiro atoms. The standard InChI is InChI=1S/C24H28BN5O3/c1-26-24(31)17-5-3-4-6-19(17)28-21-14-23(27-15-18(21)25)29-20-8-7-16(13-22(20)32-2)30-9-11-33-12-10-30/h3-8,13-15H,9-12,25H2,1-2H3,(H,26,31)(H2,27,28,29). The Bertz CT molecular complexity index is 1130. The van der Waals surface area contributed by atoms with Gasteiger partial charge in [0.25, 0.3) is 5.91 Å². The number of carbonyl (C=O) groups excluding carboxylic acids is 1. The van der Waals surface area contributed by atoms with Gasteiger partial charge in [-0.15, -0.1) is 0 Å². The summed E-state index contributed by atoms with van der Waals surface area (Å²) in [4.78, 5) is 19.0. The molecule has 3 aromatic rings. The fourth-order valence-corrected chi connectivity index (χ4v) is 3.74. The maximum Gasteiger partial charge on any atom is 0.253 e. The summed E-state index contributed by atoms with van der Waals surface area (Å²) in [6.07, 6.45) is 1.79. The van der Waals surface area contributed by atoms with Gasteiger partial charge in [-0.3, -0.25) is 4.79 Å². The van der Waals surface area contributed by atoms with Crippen LogP contribution in [-0.2, 0) is 4.74 Å². The summed E-state index contributed by atoms with van der Waals surface area (Å²) in [6.45, 7) is 3.19. The third kappa shape index (κ3) is 5.20. The predicted octanol–water partition coefficient (Wildman–Crippen LogP) is 2.03. The van der Waals surface area contributed by atoms with E-state index in [4.69, 9.17) is 9.47 Å². The maximum atomic E-state index is 12.2. The minimum Gasteiger partial charge on any atom is -0.494 e. The molecule has 1 aromatic heterocycles. The van der Waals surface area contributed by atoms with Crippen LogP contribution in [0.3, 0.4) is 0 Å². The summed E-state index contributed by atoms with van der Waals surface area (Å²) < 4.78 is 11.1. The third-order valence-electron chi connectivity index (χ3n) is 5.60. The van der Waals surface area contributed by atoms with Crippen LogP contribution < -0.4 is 31.0 Å². The second kappa shape index (κ2) is 10.3. The van der Waals surface area contributed by atoms with Gasteiger partial charge in [0.2, 0.25) is 0 Å². The molecule has 0 atom stereocenters. The van der Waals surface area contributed by atoms with Gasteiger partial charge in [0.1, 0.15) is 19.4 Å². The van der Waals surface area contributed by atoms with E-state index in [0.717, 1.165) is 60.3 Å². The number of ether oxygens (including phenoxy) is 2. The lowest BCUT2D eigenvalue weighted by Gasteiger charge is -2.29. The van der Waals surface area contributed by atoms with Gasteiger partial charge in [0.05, 0.1) is 37.3 Å². The highest BCUT2D eigenvalue weighted by molar-refractivity contribution is 6.36. The van der Waals surface area contributed by atoms with Crippen LogP contribution in [0, 0.1) is 0 Å². The van der Waals surface area contributed by atoms with Gasteiger partial charge < -0.3 is 30.3 Å². The van der Waals surface area contributed by atoms with Crippen molar-refractivity contribution >= 4 is 47.8 Å². The zero-order valence-corrected chi connectivity index (χ0v) is 19.1. The number of nitrogens with zero attached hydrogens (tertiary/aromatic N) is 2. The van der Waals surface area contributed by atoms with Crippen molar-refractivity contribution < 1.29 is 14.3 Å². The molecule has 8 nitrogen and oxygen atoms in total. The normalized spacial score (nSPS) is 13.3. The number of rotatable bonds is 7. The lowest BCUT2D eigenvalue weighted by Crippen LogP contribution is -2.36. The molecule has 33 heavy (non-hydrogen) atoms. The summed E-state index contributed by atoms with van der Waals surface area (Å²) in [7, 11) is 5.25. The molecule has 0 bridgehead atoms. The van der Waals surface area contributed by atoms with E-state index in [9.17, 15) is 4.79 Å². The Balaban J connectivity index is 1.57. The molecule has 0 saturated carbocycles. The number of hydrogen-bond donors (Lipinski definition) is 3. The van der Waals surface area contributed by atoms with Crippen molar-refractivity contribution in [3.8, 4) is 5.75 Å². The molecule has 2 aromatic carbocycles. The number of para-hydroxylation sites is 1. The highest BCUT2D eigenvalue weighted by Gasteiger charge is 2.15. The Kier molecular flexibility index (Phi) is 6.99. The number of hydrogen-bond acceptors (Lipinski definition) is 7. The Morgan fingerprint density at radius 3 is 2.61 bits per heavy atom. The average Bonchev–Trinajstić information content (AvgIpc) is 2.86. The molecule has 1 fully saturated rings. The van der Waals surface area contributed by atoms with Crippen molar-refractivity contribution in [3.05, 3.63) is 60.3 Å². The van der Waals surface area contributed by atoms with Crippen LogP contribution in [0.1, 0.15) is 10.4 Å². The van der Waals surface area contributed by atoms with Crippen molar-refractivity contribution in [2.75, 3.05) is 56.0 Å². The molecule has 1 saturated heterocycles. The predicted molar refractivity (Wildman–Crippen MR) is 135 cm³/mol. The Hall–Kier alpha value is -3.72. The molecule has 1 aliphatic rings. The third-order valence-corrected chi connectivity index (χ3v) is 5.60. The molecular weight excluding hydrogens is 417 g/mol. The Morgan fingerprint density at radius 1 is 1.06 bits per heavy atom. The molecule has 9 heteroatoms. The SMILES string of the molecule is Bc1cnc(Nc2ccc(N3CCOCC3)cc2OC)cc1Nc1ccccc1C(=O)NC. The van der Waals surface area contributed by atoms with Gasteiger partial charge >= 0.3 is 0 Å². The first-order chi connectivity index (χ1) is 16.1. The summed E-state index contributed by atoms with van der Waals surface area (Å²) in [5.41, 5.74) is 5.04. The number of aromatic nitrogens is 1. The summed E-state index contributed by atoms with van der Waals surface area (Å²) in [5, 5.41) is 9.41. The number of anilines is 5. The molecule has 1 amide bonds. The molecular formula is C24H28BN5O3. The van der Waals surface area contributed by atoms with Crippen molar-refractivity contribution in [2.24, 2.45) is 0 Å². The smallest absolute Gasteiger partial charge is 0.253 e. The fourth-order valence-electron chi connectivity index (χ4n) is 3.74. The highest BCUT2D eigenvalue weighted by Crippen LogP contribution is 2.32. The largest absolute Gasteiger partial charge is 0.494 e. The second-order valence-corrected chi connectivity index (χ2v) is 7.74. The zero-order valence-electron chi connectivity index (χ0n) is 19.1. The number of nitrogens with one attached hydrogen (secondary N) is 3. The van der Waals surface area contributed by atoms with E-state index in [2.05, 4.69) is 31.9 Å². The first-order valence-electron chi connectivity index (χ1n) is 10.9.